The number of halogens is 3. The molecule has 0 saturated heterocycles. The summed E-state index contributed by atoms with van der Waals surface area (Å²) in [5.74, 6) is -1.07. The Kier molecular flexibility index (Phi) is 6.68. The van der Waals surface area contributed by atoms with Crippen LogP contribution in [0.4, 0.5) is 13.2 Å². The molecular weight excluding hydrogens is 413 g/mol. The summed E-state index contributed by atoms with van der Waals surface area (Å²) in [7, 11) is 0. The van der Waals surface area contributed by atoms with Gasteiger partial charge in [0.05, 0.1) is 17.9 Å². The van der Waals surface area contributed by atoms with Gasteiger partial charge in [-0.2, -0.15) is 18.3 Å². The molecule has 2 aromatic carbocycles. The van der Waals surface area contributed by atoms with E-state index in [1.54, 1.807) is 31.2 Å². The Morgan fingerprint density at radius 1 is 1.06 bits per heavy atom. The van der Waals surface area contributed by atoms with Crippen LogP contribution in [0.3, 0.4) is 0 Å². The summed E-state index contributed by atoms with van der Waals surface area (Å²) < 4.78 is 44.8. The van der Waals surface area contributed by atoms with E-state index in [1.807, 2.05) is 0 Å². The lowest BCUT2D eigenvalue weighted by Crippen LogP contribution is -2.36. The van der Waals surface area contributed by atoms with Crippen molar-refractivity contribution in [1.29, 1.82) is 0 Å². The molecule has 1 heterocycles. The average Bonchev–Trinajstić information content (AvgIpc) is 3.28. The third-order valence-electron chi connectivity index (χ3n) is 4.36. The minimum Gasteiger partial charge on any atom is -0.465 e. The molecule has 0 spiro atoms. The second-order valence-electron chi connectivity index (χ2n) is 6.55. The van der Waals surface area contributed by atoms with Crippen LogP contribution in [0.2, 0.25) is 0 Å². The minimum atomic E-state index is -4.45. The minimum absolute atomic E-state index is 0.0549. The highest BCUT2D eigenvalue weighted by Crippen LogP contribution is 2.29. The number of hydrogen-bond acceptors (Lipinski definition) is 5. The Morgan fingerprint density at radius 3 is 2.29 bits per heavy atom. The van der Waals surface area contributed by atoms with E-state index in [0.29, 0.717) is 16.8 Å². The lowest BCUT2D eigenvalue weighted by molar-refractivity contribution is -0.144. The van der Waals surface area contributed by atoms with Gasteiger partial charge in [0, 0.05) is 12.1 Å². The van der Waals surface area contributed by atoms with Crippen molar-refractivity contribution in [1.82, 2.24) is 19.7 Å². The van der Waals surface area contributed by atoms with Crippen LogP contribution in [-0.2, 0) is 22.3 Å². The van der Waals surface area contributed by atoms with Crippen LogP contribution >= 0.6 is 0 Å². The largest absolute Gasteiger partial charge is 0.465 e. The number of amides is 1. The highest BCUT2D eigenvalue weighted by atomic mass is 19.4. The van der Waals surface area contributed by atoms with Crippen LogP contribution in [0.5, 0.6) is 0 Å². The maximum Gasteiger partial charge on any atom is 0.416 e. The summed E-state index contributed by atoms with van der Waals surface area (Å²) in [5.41, 5.74) is 0.655. The summed E-state index contributed by atoms with van der Waals surface area (Å²) in [6.07, 6.45) is -1.57. The molecular formula is C21H19F3N4O3. The Morgan fingerprint density at radius 2 is 1.74 bits per heavy atom. The van der Waals surface area contributed by atoms with Gasteiger partial charge in [0.25, 0.3) is 5.91 Å². The topological polar surface area (TPSA) is 77.3 Å². The highest BCUT2D eigenvalue weighted by molar-refractivity contribution is 5.96. The molecule has 3 aromatic rings. The maximum absolute atomic E-state index is 13.0. The molecule has 31 heavy (non-hydrogen) atoms. The lowest BCUT2D eigenvalue weighted by Gasteiger charge is -2.22. The van der Waals surface area contributed by atoms with Crippen molar-refractivity contribution in [2.24, 2.45) is 0 Å². The number of rotatable bonds is 7. The van der Waals surface area contributed by atoms with Crippen LogP contribution in [0, 0.1) is 0 Å². The lowest BCUT2D eigenvalue weighted by atomic mass is 10.1. The Hall–Kier alpha value is -3.69. The highest BCUT2D eigenvalue weighted by Gasteiger charge is 2.30. The number of benzene rings is 2. The summed E-state index contributed by atoms with van der Waals surface area (Å²) in [5, 5.41) is 4.01. The van der Waals surface area contributed by atoms with Gasteiger partial charge in [-0.1, -0.05) is 12.1 Å². The molecule has 0 saturated carbocycles. The number of hydrogen-bond donors (Lipinski definition) is 0. The molecule has 0 unspecified atom stereocenters. The van der Waals surface area contributed by atoms with Crippen LogP contribution in [0.1, 0.15) is 28.4 Å². The van der Waals surface area contributed by atoms with E-state index in [4.69, 9.17) is 4.74 Å². The van der Waals surface area contributed by atoms with E-state index in [1.165, 1.54) is 34.4 Å². The number of carbonyl (C=O) groups is 2. The molecule has 0 fully saturated rings. The first kappa shape index (κ1) is 22.0. The zero-order valence-electron chi connectivity index (χ0n) is 16.5. The van der Waals surface area contributed by atoms with Crippen LogP contribution in [0.15, 0.2) is 61.2 Å². The van der Waals surface area contributed by atoms with E-state index < -0.39 is 23.6 Å². The summed E-state index contributed by atoms with van der Waals surface area (Å²) in [4.78, 5) is 30.1. The molecule has 0 aliphatic carbocycles. The van der Waals surface area contributed by atoms with Gasteiger partial charge in [-0.05, 0) is 48.9 Å². The third-order valence-corrected chi connectivity index (χ3v) is 4.36. The molecule has 1 aromatic heterocycles. The number of nitrogens with zero attached hydrogens (tertiary/aromatic N) is 4. The number of carbonyl (C=O) groups excluding carboxylic acids is 2. The average molecular weight is 432 g/mol. The van der Waals surface area contributed by atoms with E-state index >= 15 is 0 Å². The Bertz CT molecular complexity index is 1020. The Labute approximate surface area is 176 Å². The molecule has 10 heteroatoms. The van der Waals surface area contributed by atoms with Crippen molar-refractivity contribution in [2.45, 2.75) is 19.6 Å². The summed E-state index contributed by atoms with van der Waals surface area (Å²) in [6, 6.07) is 10.9. The SMILES string of the molecule is CCOC(=O)CN(Cc1ccc(C(F)(F)F)cc1)C(=O)c1ccc(-n2cncn2)cc1. The second-order valence-corrected chi connectivity index (χ2v) is 6.55. The number of alkyl halides is 3. The molecule has 3 rings (SSSR count). The molecule has 0 aliphatic heterocycles. The van der Waals surface area contributed by atoms with Crippen molar-refractivity contribution in [2.75, 3.05) is 13.2 Å². The molecule has 0 N–H and O–H groups in total. The molecule has 162 valence electrons. The van der Waals surface area contributed by atoms with Gasteiger partial charge < -0.3 is 9.64 Å². The first-order valence-electron chi connectivity index (χ1n) is 9.34. The van der Waals surface area contributed by atoms with Crippen LogP contribution in [0.25, 0.3) is 5.69 Å². The third kappa shape index (κ3) is 5.68. The first-order chi connectivity index (χ1) is 14.8. The number of ether oxygens (including phenoxy) is 1. The van der Waals surface area contributed by atoms with Crippen molar-refractivity contribution in [3.8, 4) is 5.69 Å². The van der Waals surface area contributed by atoms with Gasteiger partial charge in [-0.3, -0.25) is 9.59 Å². The zero-order chi connectivity index (χ0) is 22.4. The molecule has 7 nitrogen and oxygen atoms in total. The van der Waals surface area contributed by atoms with Crippen molar-refractivity contribution < 1.29 is 27.5 Å². The zero-order valence-corrected chi connectivity index (χ0v) is 16.5. The number of aromatic nitrogens is 3. The van der Waals surface area contributed by atoms with Gasteiger partial charge >= 0.3 is 12.1 Å². The fourth-order valence-electron chi connectivity index (χ4n) is 2.86. The molecule has 1 amide bonds. The number of esters is 1. The monoisotopic (exact) mass is 432 g/mol. The molecule has 0 aliphatic rings. The standard InChI is InChI=1S/C21H19F3N4O3/c1-2-31-19(29)12-27(11-15-3-7-17(8-4-15)21(22,23)24)20(30)16-5-9-18(10-6-16)28-14-25-13-26-28/h3-10,13-14H,2,11-12H2,1H3. The fourth-order valence-corrected chi connectivity index (χ4v) is 2.86. The van der Waals surface area contributed by atoms with E-state index in [2.05, 4.69) is 10.1 Å². The summed E-state index contributed by atoms with van der Waals surface area (Å²) in [6.45, 7) is 1.40. The summed E-state index contributed by atoms with van der Waals surface area (Å²) >= 11 is 0. The predicted octanol–water partition coefficient (Wildman–Crippen LogP) is 3.49. The van der Waals surface area contributed by atoms with Gasteiger partial charge in [-0.25, -0.2) is 9.67 Å². The Balaban J connectivity index is 1.80. The molecule has 0 bridgehead atoms. The quantitative estimate of drug-likeness (QED) is 0.534. The smallest absolute Gasteiger partial charge is 0.416 e. The predicted molar refractivity (Wildman–Crippen MR) is 104 cm³/mol. The van der Waals surface area contributed by atoms with Gasteiger partial charge in [0.2, 0.25) is 0 Å². The van der Waals surface area contributed by atoms with Gasteiger partial charge in [0.15, 0.2) is 0 Å². The van der Waals surface area contributed by atoms with Gasteiger partial charge in [-0.15, -0.1) is 0 Å². The van der Waals surface area contributed by atoms with E-state index in [0.717, 1.165) is 12.1 Å². The normalized spacial score (nSPS) is 11.2. The molecule has 0 atom stereocenters. The van der Waals surface area contributed by atoms with E-state index in [9.17, 15) is 22.8 Å². The van der Waals surface area contributed by atoms with Crippen LogP contribution in [-0.4, -0.2) is 44.7 Å². The fraction of sp³-hybridized carbons (Fsp3) is 0.238. The van der Waals surface area contributed by atoms with Crippen LogP contribution < -0.4 is 0 Å². The van der Waals surface area contributed by atoms with Gasteiger partial charge in [0.1, 0.15) is 19.2 Å². The van der Waals surface area contributed by atoms with E-state index in [-0.39, 0.29) is 19.7 Å². The first-order valence-corrected chi connectivity index (χ1v) is 9.34. The molecule has 0 radical (unpaired) electrons. The maximum atomic E-state index is 13.0. The van der Waals surface area contributed by atoms with Crippen molar-refractivity contribution in [3.63, 3.8) is 0 Å². The van der Waals surface area contributed by atoms with Crippen molar-refractivity contribution in [3.05, 3.63) is 77.9 Å². The van der Waals surface area contributed by atoms with Crippen molar-refractivity contribution >= 4 is 11.9 Å². The second kappa shape index (κ2) is 9.41.